The van der Waals surface area contributed by atoms with E-state index in [0.29, 0.717) is 17.1 Å². The van der Waals surface area contributed by atoms with E-state index in [9.17, 15) is 14.7 Å². The van der Waals surface area contributed by atoms with Crippen LogP contribution in [0, 0.1) is 0 Å². The summed E-state index contributed by atoms with van der Waals surface area (Å²) in [6, 6.07) is 11.8. The molecule has 3 aromatic rings. The third-order valence-electron chi connectivity index (χ3n) is 3.11. The molecule has 0 radical (unpaired) electrons. The number of para-hydroxylation sites is 1. The van der Waals surface area contributed by atoms with Crippen LogP contribution in [0.25, 0.3) is 17.1 Å². The van der Waals surface area contributed by atoms with Crippen LogP contribution < -0.4 is 5.56 Å². The molecule has 108 valence electrons. The molecule has 0 aliphatic carbocycles. The molecule has 0 fully saturated rings. The zero-order valence-electron chi connectivity index (χ0n) is 11.4. The first-order valence-electron chi connectivity index (χ1n) is 6.49. The molecule has 0 spiro atoms. The number of aromatic carboxylic acids is 1. The number of benzene rings is 1. The van der Waals surface area contributed by atoms with Gasteiger partial charge in [0.25, 0.3) is 5.56 Å². The van der Waals surface area contributed by atoms with E-state index in [1.165, 1.54) is 10.6 Å². The maximum absolute atomic E-state index is 12.3. The molecule has 2 aromatic heterocycles. The molecule has 0 atom stereocenters. The highest BCUT2D eigenvalue weighted by Gasteiger charge is 2.15. The third-order valence-corrected chi connectivity index (χ3v) is 3.11. The molecule has 0 bridgehead atoms. The van der Waals surface area contributed by atoms with Crippen molar-refractivity contribution in [1.29, 1.82) is 0 Å². The molecule has 0 aliphatic heterocycles. The first-order valence-corrected chi connectivity index (χ1v) is 6.49. The minimum absolute atomic E-state index is 0.325. The molecular formula is C16H11N3O3. The Kier molecular flexibility index (Phi) is 3.49. The summed E-state index contributed by atoms with van der Waals surface area (Å²) in [5.74, 6) is -0.929. The lowest BCUT2D eigenvalue weighted by Crippen LogP contribution is -2.25. The molecule has 0 saturated carbocycles. The number of carboxylic acids is 1. The van der Waals surface area contributed by atoms with Gasteiger partial charge >= 0.3 is 5.97 Å². The molecule has 22 heavy (non-hydrogen) atoms. The zero-order chi connectivity index (χ0) is 15.5. The summed E-state index contributed by atoms with van der Waals surface area (Å²) in [6.07, 6.45) is 4.65. The highest BCUT2D eigenvalue weighted by molar-refractivity contribution is 5.88. The van der Waals surface area contributed by atoms with Crippen molar-refractivity contribution >= 4 is 5.97 Å². The number of hydrogen-bond donors (Lipinski definition) is 1. The summed E-state index contributed by atoms with van der Waals surface area (Å²) in [7, 11) is 0. The van der Waals surface area contributed by atoms with Gasteiger partial charge in [0.2, 0.25) is 0 Å². The van der Waals surface area contributed by atoms with Crippen LogP contribution in [0.3, 0.4) is 0 Å². The highest BCUT2D eigenvalue weighted by atomic mass is 16.4. The summed E-state index contributed by atoms with van der Waals surface area (Å²) in [4.78, 5) is 31.9. The molecule has 2 heterocycles. The molecule has 0 amide bonds. The second-order valence-electron chi connectivity index (χ2n) is 4.53. The van der Waals surface area contributed by atoms with Crippen molar-refractivity contribution in [3.05, 3.63) is 77.0 Å². The van der Waals surface area contributed by atoms with Crippen molar-refractivity contribution < 1.29 is 9.90 Å². The van der Waals surface area contributed by atoms with Gasteiger partial charge in [-0.2, -0.15) is 0 Å². The van der Waals surface area contributed by atoms with Crippen molar-refractivity contribution in [3.63, 3.8) is 0 Å². The number of carbonyl (C=O) groups is 1. The van der Waals surface area contributed by atoms with E-state index < -0.39 is 11.5 Å². The van der Waals surface area contributed by atoms with Gasteiger partial charge in [-0.3, -0.25) is 9.36 Å². The second kappa shape index (κ2) is 5.61. The fraction of sp³-hybridized carbons (Fsp3) is 0. The molecule has 0 unspecified atom stereocenters. The quantitative estimate of drug-likeness (QED) is 0.798. The predicted octanol–water partition coefficient (Wildman–Crippen LogP) is 1.99. The number of carboxylic acid groups (broad SMARTS) is 1. The molecule has 3 rings (SSSR count). The maximum Gasteiger partial charge on any atom is 0.341 e. The van der Waals surface area contributed by atoms with Gasteiger partial charge in [-0.05, 0) is 24.3 Å². The van der Waals surface area contributed by atoms with E-state index in [-0.39, 0.29) is 5.56 Å². The molecule has 6 heteroatoms. The van der Waals surface area contributed by atoms with Crippen LogP contribution in [0.1, 0.15) is 10.4 Å². The Morgan fingerprint density at radius 1 is 1.05 bits per heavy atom. The van der Waals surface area contributed by atoms with Gasteiger partial charge in [-0.25, -0.2) is 14.8 Å². The summed E-state index contributed by atoms with van der Waals surface area (Å²) < 4.78 is 1.29. The summed E-state index contributed by atoms with van der Waals surface area (Å²) in [6.45, 7) is 0. The zero-order valence-corrected chi connectivity index (χ0v) is 11.4. The minimum atomic E-state index is -1.28. The lowest BCUT2D eigenvalue weighted by molar-refractivity contribution is 0.0694. The lowest BCUT2D eigenvalue weighted by Gasteiger charge is -2.09. The van der Waals surface area contributed by atoms with Gasteiger partial charge in [0.1, 0.15) is 5.56 Å². The molecule has 1 N–H and O–H groups in total. The number of aromatic nitrogens is 3. The van der Waals surface area contributed by atoms with Crippen LogP contribution in [0.4, 0.5) is 0 Å². The first-order chi connectivity index (χ1) is 10.7. The summed E-state index contributed by atoms with van der Waals surface area (Å²) in [5.41, 5.74) is 0.112. The van der Waals surface area contributed by atoms with Crippen molar-refractivity contribution in [2.45, 2.75) is 0 Å². The van der Waals surface area contributed by atoms with Crippen molar-refractivity contribution in [3.8, 4) is 17.1 Å². The Labute approximate surface area is 125 Å². The fourth-order valence-corrected chi connectivity index (χ4v) is 2.09. The number of rotatable bonds is 3. The van der Waals surface area contributed by atoms with Gasteiger partial charge in [0, 0.05) is 29.8 Å². The Morgan fingerprint density at radius 3 is 2.36 bits per heavy atom. The smallest absolute Gasteiger partial charge is 0.341 e. The predicted molar refractivity (Wildman–Crippen MR) is 80.0 cm³/mol. The van der Waals surface area contributed by atoms with Crippen LogP contribution in [-0.2, 0) is 0 Å². The minimum Gasteiger partial charge on any atom is -0.477 e. The van der Waals surface area contributed by atoms with Crippen LogP contribution in [0.2, 0.25) is 0 Å². The molecule has 0 saturated heterocycles. The van der Waals surface area contributed by atoms with Crippen LogP contribution >= 0.6 is 0 Å². The SMILES string of the molecule is O=C(O)c1cc(-c2ncccn2)cn(-c2ccccc2)c1=O. The Balaban J connectivity index is 2.28. The average molecular weight is 293 g/mol. The summed E-state index contributed by atoms with van der Waals surface area (Å²) >= 11 is 0. The van der Waals surface area contributed by atoms with Crippen molar-refractivity contribution in [1.82, 2.24) is 14.5 Å². The standard InChI is InChI=1S/C16H11N3O3/c20-15-13(16(21)22)9-11(14-17-7-4-8-18-14)10-19(15)12-5-2-1-3-6-12/h1-10H,(H,21,22). The van der Waals surface area contributed by atoms with E-state index in [2.05, 4.69) is 9.97 Å². The lowest BCUT2D eigenvalue weighted by atomic mass is 10.1. The highest BCUT2D eigenvalue weighted by Crippen LogP contribution is 2.16. The van der Waals surface area contributed by atoms with Crippen LogP contribution in [-0.4, -0.2) is 25.6 Å². The Hall–Kier alpha value is -3.28. The van der Waals surface area contributed by atoms with Crippen molar-refractivity contribution in [2.75, 3.05) is 0 Å². The monoisotopic (exact) mass is 293 g/mol. The van der Waals surface area contributed by atoms with E-state index in [1.807, 2.05) is 6.07 Å². The molecule has 6 nitrogen and oxygen atoms in total. The Bertz CT molecular complexity index is 874. The van der Waals surface area contributed by atoms with Crippen LogP contribution in [0.15, 0.2) is 65.8 Å². The molecule has 0 aliphatic rings. The van der Waals surface area contributed by atoms with Gasteiger partial charge in [-0.1, -0.05) is 18.2 Å². The van der Waals surface area contributed by atoms with Gasteiger partial charge in [-0.15, -0.1) is 0 Å². The third kappa shape index (κ3) is 2.49. The second-order valence-corrected chi connectivity index (χ2v) is 4.53. The van der Waals surface area contributed by atoms with Crippen molar-refractivity contribution in [2.24, 2.45) is 0 Å². The van der Waals surface area contributed by atoms with Gasteiger partial charge in [0.05, 0.1) is 0 Å². The summed E-state index contributed by atoms with van der Waals surface area (Å²) in [5, 5.41) is 9.25. The fourth-order valence-electron chi connectivity index (χ4n) is 2.09. The topological polar surface area (TPSA) is 85.1 Å². The largest absolute Gasteiger partial charge is 0.477 e. The number of hydrogen-bond acceptors (Lipinski definition) is 4. The normalized spacial score (nSPS) is 10.4. The van der Waals surface area contributed by atoms with E-state index in [1.54, 1.807) is 48.9 Å². The van der Waals surface area contributed by atoms with E-state index in [4.69, 9.17) is 0 Å². The molecular weight excluding hydrogens is 282 g/mol. The number of pyridine rings is 1. The van der Waals surface area contributed by atoms with E-state index >= 15 is 0 Å². The van der Waals surface area contributed by atoms with E-state index in [0.717, 1.165) is 0 Å². The Morgan fingerprint density at radius 2 is 1.73 bits per heavy atom. The average Bonchev–Trinajstić information content (AvgIpc) is 2.56. The molecule has 1 aromatic carbocycles. The first kappa shape index (κ1) is 13.7. The van der Waals surface area contributed by atoms with Gasteiger partial charge < -0.3 is 5.11 Å². The number of nitrogens with zero attached hydrogens (tertiary/aromatic N) is 3. The maximum atomic E-state index is 12.3. The van der Waals surface area contributed by atoms with Crippen LogP contribution in [0.5, 0.6) is 0 Å². The van der Waals surface area contributed by atoms with Gasteiger partial charge in [0.15, 0.2) is 5.82 Å².